The largest absolute Gasteiger partial charge is 0.457 e. The second-order valence-corrected chi connectivity index (χ2v) is 7.76. The molecule has 0 aromatic heterocycles. The molecule has 1 aliphatic carbocycles. The van der Waals surface area contributed by atoms with Gasteiger partial charge < -0.3 is 10.1 Å². The molecule has 132 valence electrons. The van der Waals surface area contributed by atoms with Crippen molar-refractivity contribution < 1.29 is 9.53 Å². The molecule has 1 fully saturated rings. The van der Waals surface area contributed by atoms with E-state index >= 15 is 0 Å². The molecule has 3 heteroatoms. The van der Waals surface area contributed by atoms with Crippen molar-refractivity contribution in [2.75, 3.05) is 6.54 Å². The highest BCUT2D eigenvalue weighted by Crippen LogP contribution is 2.46. The number of ether oxygens (including phenoxy) is 1. The summed E-state index contributed by atoms with van der Waals surface area (Å²) in [6.07, 6.45) is 6.31. The van der Waals surface area contributed by atoms with E-state index in [0.717, 1.165) is 38.6 Å². The summed E-state index contributed by atoms with van der Waals surface area (Å²) in [5.41, 5.74) is -0.842. The van der Waals surface area contributed by atoms with Gasteiger partial charge in [-0.1, -0.05) is 54.9 Å². The van der Waals surface area contributed by atoms with Crippen LogP contribution in [0.5, 0.6) is 0 Å². The second-order valence-electron chi connectivity index (χ2n) is 7.76. The van der Waals surface area contributed by atoms with Crippen LogP contribution in [0, 0.1) is 5.41 Å². The fourth-order valence-electron chi connectivity index (χ4n) is 2.97. The molecule has 1 saturated carbocycles. The van der Waals surface area contributed by atoms with Crippen LogP contribution in [0.25, 0.3) is 0 Å². The Morgan fingerprint density at radius 1 is 1.05 bits per heavy atom. The summed E-state index contributed by atoms with van der Waals surface area (Å²) in [4.78, 5) is 12.6. The molecule has 0 saturated heterocycles. The van der Waals surface area contributed by atoms with E-state index in [1.54, 1.807) is 0 Å². The molecule has 1 aliphatic rings. The predicted octanol–water partition coefficient (Wildman–Crippen LogP) is 5.08. The van der Waals surface area contributed by atoms with Crippen LogP contribution in [-0.2, 0) is 9.53 Å². The molecule has 1 atom stereocenters. The van der Waals surface area contributed by atoms with E-state index in [1.807, 2.05) is 20.8 Å². The van der Waals surface area contributed by atoms with Crippen LogP contribution in [-0.4, -0.2) is 23.7 Å². The molecule has 0 radical (unpaired) electrons. The number of carbonyl (C=O) groups excluding carboxylic acids is 1. The van der Waals surface area contributed by atoms with Crippen LogP contribution < -0.4 is 5.32 Å². The van der Waals surface area contributed by atoms with E-state index < -0.39 is 5.54 Å². The summed E-state index contributed by atoms with van der Waals surface area (Å²) in [5.74, 6) is -0.0892. The zero-order chi connectivity index (χ0) is 17.4. The van der Waals surface area contributed by atoms with Crippen molar-refractivity contribution in [2.45, 2.75) is 105 Å². The first-order chi connectivity index (χ1) is 10.1. The first kappa shape index (κ1) is 21.4. The molecular weight excluding hydrogens is 274 g/mol. The van der Waals surface area contributed by atoms with Crippen LogP contribution in [0.3, 0.4) is 0 Å². The Labute approximate surface area is 138 Å². The molecule has 3 nitrogen and oxygen atoms in total. The Morgan fingerprint density at radius 3 is 1.82 bits per heavy atom. The Hall–Kier alpha value is -0.570. The Balaban J connectivity index is 0.00000135. The normalized spacial score (nSPS) is 19.8. The van der Waals surface area contributed by atoms with Gasteiger partial charge in [0.2, 0.25) is 0 Å². The van der Waals surface area contributed by atoms with Gasteiger partial charge in [-0.2, -0.15) is 0 Å². The number of nitrogens with one attached hydrogen (secondary N) is 1. The van der Waals surface area contributed by atoms with Crippen LogP contribution in [0.2, 0.25) is 0 Å². The summed E-state index contributed by atoms with van der Waals surface area (Å²) in [6.45, 7) is 17.6. The van der Waals surface area contributed by atoms with Gasteiger partial charge in [0.1, 0.15) is 11.1 Å². The second kappa shape index (κ2) is 8.90. The molecule has 0 aliphatic heterocycles. The number of likely N-dealkylation sites (N-methyl/N-ethyl adjacent to an activating group) is 1. The van der Waals surface area contributed by atoms with Gasteiger partial charge in [-0.3, -0.25) is 4.79 Å². The van der Waals surface area contributed by atoms with Crippen molar-refractivity contribution in [1.82, 2.24) is 5.32 Å². The molecule has 1 rings (SSSR count). The van der Waals surface area contributed by atoms with Gasteiger partial charge in [0, 0.05) is 5.41 Å². The van der Waals surface area contributed by atoms with Gasteiger partial charge in [0.25, 0.3) is 0 Å². The number of rotatable bonds is 5. The van der Waals surface area contributed by atoms with E-state index in [4.69, 9.17) is 4.74 Å². The van der Waals surface area contributed by atoms with Crippen molar-refractivity contribution in [1.29, 1.82) is 0 Å². The van der Waals surface area contributed by atoms with E-state index in [1.165, 1.54) is 6.42 Å². The zero-order valence-corrected chi connectivity index (χ0v) is 16.3. The fraction of sp³-hybridized carbons (Fsp3) is 0.947. The van der Waals surface area contributed by atoms with Gasteiger partial charge in [0.05, 0.1) is 0 Å². The summed E-state index contributed by atoms with van der Waals surface area (Å²) in [5, 5.41) is 3.28. The summed E-state index contributed by atoms with van der Waals surface area (Å²) in [7, 11) is 0. The third-order valence-corrected chi connectivity index (χ3v) is 4.79. The third-order valence-electron chi connectivity index (χ3n) is 4.79. The average molecular weight is 314 g/mol. The highest BCUT2D eigenvalue weighted by Gasteiger charge is 2.49. The van der Waals surface area contributed by atoms with Crippen LogP contribution in [0.15, 0.2) is 0 Å². The lowest BCUT2D eigenvalue weighted by Crippen LogP contribution is -2.55. The summed E-state index contributed by atoms with van der Waals surface area (Å²) < 4.78 is 6.07. The minimum Gasteiger partial charge on any atom is -0.457 e. The summed E-state index contributed by atoms with van der Waals surface area (Å²) >= 11 is 0. The van der Waals surface area contributed by atoms with E-state index in [0.29, 0.717) is 0 Å². The maximum Gasteiger partial charge on any atom is 0.326 e. The number of hydrogen-bond donors (Lipinski definition) is 1. The minimum atomic E-state index is -0.560. The minimum absolute atomic E-state index is 0.0000259. The van der Waals surface area contributed by atoms with E-state index in [-0.39, 0.29) is 17.0 Å². The molecular formula is C19H39NO2. The molecule has 22 heavy (non-hydrogen) atoms. The highest BCUT2D eigenvalue weighted by atomic mass is 16.6. The van der Waals surface area contributed by atoms with Crippen molar-refractivity contribution in [3.8, 4) is 0 Å². The average Bonchev–Trinajstić information content (AvgIpc) is 2.89. The Bertz CT molecular complexity index is 327. The third kappa shape index (κ3) is 5.26. The lowest BCUT2D eigenvalue weighted by atomic mass is 9.75. The van der Waals surface area contributed by atoms with Crippen molar-refractivity contribution in [3.05, 3.63) is 0 Å². The Kier molecular flexibility index (Phi) is 8.67. The van der Waals surface area contributed by atoms with E-state index in [9.17, 15) is 4.79 Å². The lowest BCUT2D eigenvalue weighted by Gasteiger charge is -2.43. The first-order valence-electron chi connectivity index (χ1n) is 9.11. The van der Waals surface area contributed by atoms with Crippen molar-refractivity contribution in [3.63, 3.8) is 0 Å². The van der Waals surface area contributed by atoms with Gasteiger partial charge in [-0.15, -0.1) is 0 Å². The quantitative estimate of drug-likeness (QED) is 0.719. The zero-order valence-electron chi connectivity index (χ0n) is 16.3. The molecule has 1 N–H and O–H groups in total. The predicted molar refractivity (Wildman–Crippen MR) is 95.1 cm³/mol. The number of esters is 1. The Morgan fingerprint density at radius 2 is 1.50 bits per heavy atom. The maximum absolute atomic E-state index is 12.6. The highest BCUT2D eigenvalue weighted by molar-refractivity contribution is 5.80. The number of carbonyl (C=O) groups is 1. The fourth-order valence-corrected chi connectivity index (χ4v) is 2.97. The van der Waals surface area contributed by atoms with Crippen molar-refractivity contribution in [2.24, 2.45) is 5.41 Å². The smallest absolute Gasteiger partial charge is 0.326 e. The topological polar surface area (TPSA) is 38.3 Å². The van der Waals surface area contributed by atoms with Gasteiger partial charge >= 0.3 is 5.97 Å². The SMILES string of the molecule is CCC.CCNC(C)(CC)C(=O)OC1(C(C)(C)C)CCCC1. The lowest BCUT2D eigenvalue weighted by molar-refractivity contribution is -0.180. The van der Waals surface area contributed by atoms with Crippen molar-refractivity contribution >= 4 is 5.97 Å². The van der Waals surface area contributed by atoms with Crippen LogP contribution >= 0.6 is 0 Å². The van der Waals surface area contributed by atoms with Gasteiger partial charge in [0.15, 0.2) is 0 Å². The standard InChI is InChI=1S/C16H31NO2.C3H8/c1-7-15(6,17-8-2)13(18)19-16(14(3,4)5)11-9-10-12-16;1-3-2/h17H,7-12H2,1-6H3;3H2,1-2H3. The molecule has 0 heterocycles. The number of hydrogen-bond acceptors (Lipinski definition) is 3. The molecule has 0 amide bonds. The van der Waals surface area contributed by atoms with Crippen LogP contribution in [0.1, 0.15) is 93.9 Å². The monoisotopic (exact) mass is 313 g/mol. The molecule has 0 spiro atoms. The molecule has 0 bridgehead atoms. The molecule has 0 aromatic rings. The van der Waals surface area contributed by atoms with Gasteiger partial charge in [-0.25, -0.2) is 0 Å². The first-order valence-corrected chi connectivity index (χ1v) is 9.11. The van der Waals surface area contributed by atoms with E-state index in [2.05, 4.69) is 39.9 Å². The maximum atomic E-state index is 12.6. The molecule has 0 aromatic carbocycles. The summed E-state index contributed by atoms with van der Waals surface area (Å²) in [6, 6.07) is 0. The van der Waals surface area contributed by atoms with Gasteiger partial charge in [-0.05, 0) is 45.6 Å². The molecule has 1 unspecified atom stereocenters. The van der Waals surface area contributed by atoms with Crippen LogP contribution in [0.4, 0.5) is 0 Å².